The number of hydrogen-bond donors (Lipinski definition) is 2. The molecule has 2 unspecified atom stereocenters. The normalized spacial score (nSPS) is 23.9. The summed E-state index contributed by atoms with van der Waals surface area (Å²) in [5.74, 6) is -0.317. The van der Waals surface area contributed by atoms with Crippen LogP contribution in [0.3, 0.4) is 0 Å². The van der Waals surface area contributed by atoms with Gasteiger partial charge in [0, 0.05) is 12.1 Å². The summed E-state index contributed by atoms with van der Waals surface area (Å²) in [6, 6.07) is 0.357. The third-order valence-electron chi connectivity index (χ3n) is 2.77. The van der Waals surface area contributed by atoms with Crippen LogP contribution in [-0.4, -0.2) is 22.1 Å². The zero-order valence-electron chi connectivity index (χ0n) is 9.20. The van der Waals surface area contributed by atoms with Crippen LogP contribution in [0.2, 0.25) is 5.28 Å². The molecule has 2 atom stereocenters. The van der Waals surface area contributed by atoms with Crippen molar-refractivity contribution in [2.75, 3.05) is 5.32 Å². The molecule has 17 heavy (non-hydrogen) atoms. The largest absolute Gasteiger partial charge is 0.365 e. The number of halogens is 3. The van der Waals surface area contributed by atoms with E-state index in [1.807, 2.05) is 0 Å². The highest BCUT2D eigenvalue weighted by atomic mass is 35.5. The lowest BCUT2D eigenvalue weighted by molar-refractivity contribution is 0.407. The smallest absolute Gasteiger partial charge is 0.224 e. The quantitative estimate of drug-likeness (QED) is 0.817. The van der Waals surface area contributed by atoms with Crippen molar-refractivity contribution in [1.29, 1.82) is 0 Å². The van der Waals surface area contributed by atoms with E-state index in [1.165, 1.54) is 0 Å². The average molecular weight is 281 g/mol. The Kier molecular flexibility index (Phi) is 5.36. The Morgan fingerprint density at radius 2 is 2.24 bits per heavy atom. The van der Waals surface area contributed by atoms with Crippen LogP contribution in [0.25, 0.3) is 0 Å². The summed E-state index contributed by atoms with van der Waals surface area (Å²) in [6.45, 7) is 0. The molecular weight excluding hydrogens is 266 g/mol. The van der Waals surface area contributed by atoms with Crippen LogP contribution in [0.4, 0.5) is 10.2 Å². The lowest BCUT2D eigenvalue weighted by Crippen LogP contribution is -2.35. The molecular formula is C10H15Cl2FN4. The minimum atomic E-state index is -0.483. The summed E-state index contributed by atoms with van der Waals surface area (Å²) in [6.07, 6.45) is 4.97. The van der Waals surface area contributed by atoms with Gasteiger partial charge in [0.2, 0.25) is 5.28 Å². The molecule has 1 fully saturated rings. The van der Waals surface area contributed by atoms with Gasteiger partial charge in [-0.15, -0.1) is 12.4 Å². The number of anilines is 1. The molecule has 0 aliphatic heterocycles. The highest BCUT2D eigenvalue weighted by molar-refractivity contribution is 6.28. The van der Waals surface area contributed by atoms with Crippen LogP contribution in [0.15, 0.2) is 6.20 Å². The number of aromatic nitrogens is 2. The third kappa shape index (κ3) is 3.94. The van der Waals surface area contributed by atoms with Gasteiger partial charge >= 0.3 is 0 Å². The van der Waals surface area contributed by atoms with E-state index in [9.17, 15) is 4.39 Å². The Morgan fingerprint density at radius 3 is 2.94 bits per heavy atom. The van der Waals surface area contributed by atoms with Gasteiger partial charge in [-0.1, -0.05) is 0 Å². The van der Waals surface area contributed by atoms with Crippen LogP contribution >= 0.6 is 24.0 Å². The van der Waals surface area contributed by atoms with Crippen molar-refractivity contribution in [3.05, 3.63) is 17.3 Å². The van der Waals surface area contributed by atoms with Crippen molar-refractivity contribution in [2.45, 2.75) is 37.8 Å². The SMILES string of the molecule is Cl.NC1CCCC(Nc2nc(Cl)ncc2F)C1. The first-order valence-corrected chi connectivity index (χ1v) is 5.73. The lowest BCUT2D eigenvalue weighted by Gasteiger charge is -2.27. The van der Waals surface area contributed by atoms with Gasteiger partial charge in [-0.05, 0) is 37.3 Å². The molecule has 7 heteroatoms. The number of hydrogen-bond acceptors (Lipinski definition) is 4. The molecule has 0 bridgehead atoms. The van der Waals surface area contributed by atoms with Gasteiger partial charge in [-0.3, -0.25) is 0 Å². The van der Waals surface area contributed by atoms with E-state index in [0.717, 1.165) is 31.9 Å². The van der Waals surface area contributed by atoms with Crippen LogP contribution in [0.5, 0.6) is 0 Å². The summed E-state index contributed by atoms with van der Waals surface area (Å²) in [7, 11) is 0. The van der Waals surface area contributed by atoms with Gasteiger partial charge < -0.3 is 11.1 Å². The summed E-state index contributed by atoms with van der Waals surface area (Å²) in [4.78, 5) is 7.38. The maximum absolute atomic E-state index is 13.3. The molecule has 1 aromatic rings. The molecule has 0 amide bonds. The topological polar surface area (TPSA) is 63.8 Å². The minimum absolute atomic E-state index is 0. The molecule has 0 spiro atoms. The van der Waals surface area contributed by atoms with Crippen LogP contribution < -0.4 is 11.1 Å². The summed E-state index contributed by atoms with van der Waals surface area (Å²) in [5.41, 5.74) is 5.85. The number of nitrogens with one attached hydrogen (secondary N) is 1. The summed E-state index contributed by atoms with van der Waals surface area (Å²) < 4.78 is 13.3. The van der Waals surface area contributed by atoms with Gasteiger partial charge in [-0.2, -0.15) is 4.98 Å². The maximum Gasteiger partial charge on any atom is 0.224 e. The van der Waals surface area contributed by atoms with Crippen molar-refractivity contribution in [3.8, 4) is 0 Å². The van der Waals surface area contributed by atoms with Crippen LogP contribution in [-0.2, 0) is 0 Å². The number of nitrogens with zero attached hydrogens (tertiary/aromatic N) is 2. The van der Waals surface area contributed by atoms with E-state index in [2.05, 4.69) is 15.3 Å². The zero-order chi connectivity index (χ0) is 11.5. The standard InChI is InChI=1S/C10H14ClFN4.ClH/c11-10-14-5-8(12)9(16-10)15-7-3-1-2-6(13)4-7;/h5-7H,1-4,13H2,(H,14,15,16);1H. The molecule has 3 N–H and O–H groups in total. The number of nitrogens with two attached hydrogens (primary N) is 1. The highest BCUT2D eigenvalue weighted by Crippen LogP contribution is 2.21. The van der Waals surface area contributed by atoms with E-state index in [4.69, 9.17) is 17.3 Å². The number of rotatable bonds is 2. The van der Waals surface area contributed by atoms with E-state index in [-0.39, 0.29) is 35.6 Å². The molecule has 0 aromatic carbocycles. The first kappa shape index (κ1) is 14.4. The van der Waals surface area contributed by atoms with Gasteiger partial charge in [-0.25, -0.2) is 9.37 Å². The molecule has 1 heterocycles. The molecule has 1 aliphatic carbocycles. The van der Waals surface area contributed by atoms with Crippen LogP contribution in [0.1, 0.15) is 25.7 Å². The Morgan fingerprint density at radius 1 is 1.47 bits per heavy atom. The van der Waals surface area contributed by atoms with Crippen molar-refractivity contribution in [1.82, 2.24) is 9.97 Å². The van der Waals surface area contributed by atoms with Gasteiger partial charge in [0.05, 0.1) is 6.20 Å². The Hall–Kier alpha value is -0.650. The zero-order valence-corrected chi connectivity index (χ0v) is 10.8. The molecule has 1 saturated carbocycles. The predicted molar refractivity (Wildman–Crippen MR) is 68.1 cm³/mol. The van der Waals surface area contributed by atoms with Crippen molar-refractivity contribution < 1.29 is 4.39 Å². The van der Waals surface area contributed by atoms with E-state index in [0.29, 0.717) is 0 Å². The lowest BCUT2D eigenvalue weighted by atomic mass is 9.92. The summed E-state index contributed by atoms with van der Waals surface area (Å²) in [5, 5.41) is 3.08. The molecule has 2 rings (SSSR count). The first-order chi connectivity index (χ1) is 7.65. The van der Waals surface area contributed by atoms with Gasteiger partial charge in [0.1, 0.15) is 0 Å². The fraction of sp³-hybridized carbons (Fsp3) is 0.600. The third-order valence-corrected chi connectivity index (χ3v) is 2.95. The van der Waals surface area contributed by atoms with E-state index < -0.39 is 5.82 Å². The van der Waals surface area contributed by atoms with E-state index >= 15 is 0 Å². The van der Waals surface area contributed by atoms with Crippen LogP contribution in [0, 0.1) is 5.82 Å². The molecule has 0 radical (unpaired) electrons. The molecule has 4 nitrogen and oxygen atoms in total. The van der Waals surface area contributed by atoms with Crippen molar-refractivity contribution in [3.63, 3.8) is 0 Å². The molecule has 0 saturated heterocycles. The highest BCUT2D eigenvalue weighted by Gasteiger charge is 2.20. The summed E-state index contributed by atoms with van der Waals surface area (Å²) >= 11 is 5.61. The van der Waals surface area contributed by atoms with Crippen molar-refractivity contribution >= 4 is 29.8 Å². The minimum Gasteiger partial charge on any atom is -0.365 e. The van der Waals surface area contributed by atoms with Gasteiger partial charge in [0.25, 0.3) is 0 Å². The predicted octanol–water partition coefficient (Wildman–Crippen LogP) is 2.37. The maximum atomic E-state index is 13.3. The second-order valence-electron chi connectivity index (χ2n) is 4.10. The Labute approximate surface area is 111 Å². The van der Waals surface area contributed by atoms with Gasteiger partial charge in [0.15, 0.2) is 11.6 Å². The Balaban J connectivity index is 0.00000144. The first-order valence-electron chi connectivity index (χ1n) is 5.35. The van der Waals surface area contributed by atoms with E-state index in [1.54, 1.807) is 0 Å². The second kappa shape index (κ2) is 6.33. The monoisotopic (exact) mass is 280 g/mol. The molecule has 1 aromatic heterocycles. The second-order valence-corrected chi connectivity index (χ2v) is 4.44. The average Bonchev–Trinajstić information content (AvgIpc) is 2.24. The van der Waals surface area contributed by atoms with Crippen molar-refractivity contribution in [2.24, 2.45) is 5.73 Å². The molecule has 1 aliphatic rings. The Bertz CT molecular complexity index is 377. The fourth-order valence-electron chi connectivity index (χ4n) is 2.00. The fourth-order valence-corrected chi connectivity index (χ4v) is 2.13. The molecule has 96 valence electrons.